The number of hydrogen-bond donors (Lipinski definition) is 1. The van der Waals surface area contributed by atoms with Gasteiger partial charge in [-0.05, 0) is 55.7 Å². The lowest BCUT2D eigenvalue weighted by molar-refractivity contribution is 0.102. The normalized spacial score (nSPS) is 10.6. The topological polar surface area (TPSA) is 64.0 Å². The highest BCUT2D eigenvalue weighted by Gasteiger charge is 2.11. The Labute approximate surface area is 152 Å². The van der Waals surface area contributed by atoms with Crippen LogP contribution in [0.4, 0.5) is 5.69 Å². The second kappa shape index (κ2) is 7.35. The Balaban J connectivity index is 1.83. The van der Waals surface area contributed by atoms with Gasteiger partial charge in [-0.3, -0.25) is 9.59 Å². The molecule has 0 saturated carbocycles. The number of hydrogen-bond acceptors (Lipinski definition) is 3. The van der Waals surface area contributed by atoms with Crippen LogP contribution in [0.1, 0.15) is 32.7 Å². The van der Waals surface area contributed by atoms with E-state index in [0.29, 0.717) is 12.2 Å². The van der Waals surface area contributed by atoms with Crippen molar-refractivity contribution < 1.29 is 4.79 Å². The predicted molar refractivity (Wildman–Crippen MR) is 103 cm³/mol. The maximum Gasteiger partial charge on any atom is 0.276 e. The summed E-state index contributed by atoms with van der Waals surface area (Å²) in [5.74, 6) is -0.341. The molecule has 0 aliphatic carbocycles. The maximum atomic E-state index is 12.5. The minimum absolute atomic E-state index is 0.204. The van der Waals surface area contributed by atoms with Gasteiger partial charge in [-0.2, -0.15) is 5.10 Å². The number of benzene rings is 2. The second-order valence-electron chi connectivity index (χ2n) is 6.46. The molecule has 0 radical (unpaired) electrons. The summed E-state index contributed by atoms with van der Waals surface area (Å²) in [7, 11) is 0. The van der Waals surface area contributed by atoms with Crippen LogP contribution >= 0.6 is 0 Å². The Hall–Kier alpha value is -3.21. The van der Waals surface area contributed by atoms with Crippen molar-refractivity contribution in [1.82, 2.24) is 9.78 Å². The monoisotopic (exact) mass is 347 g/mol. The summed E-state index contributed by atoms with van der Waals surface area (Å²) in [6, 6.07) is 16.4. The zero-order chi connectivity index (χ0) is 18.7. The maximum absolute atomic E-state index is 12.5. The fourth-order valence-corrected chi connectivity index (χ4v) is 2.68. The third-order valence-corrected chi connectivity index (χ3v) is 4.28. The van der Waals surface area contributed by atoms with E-state index >= 15 is 0 Å². The van der Waals surface area contributed by atoms with Gasteiger partial charge < -0.3 is 5.32 Å². The van der Waals surface area contributed by atoms with Crippen LogP contribution in [0.25, 0.3) is 0 Å². The number of amides is 1. The van der Waals surface area contributed by atoms with E-state index in [1.54, 1.807) is 0 Å². The average Bonchev–Trinajstić information content (AvgIpc) is 2.60. The fourth-order valence-electron chi connectivity index (χ4n) is 2.68. The van der Waals surface area contributed by atoms with Gasteiger partial charge in [0.2, 0.25) is 0 Å². The van der Waals surface area contributed by atoms with Crippen molar-refractivity contribution in [2.24, 2.45) is 0 Å². The van der Waals surface area contributed by atoms with Crippen molar-refractivity contribution in [3.8, 4) is 0 Å². The zero-order valence-corrected chi connectivity index (χ0v) is 15.1. The number of carbonyl (C=O) groups is 1. The molecular formula is C21H21N3O2. The Kier molecular flexibility index (Phi) is 4.98. The second-order valence-corrected chi connectivity index (χ2v) is 6.46. The molecule has 5 nitrogen and oxygen atoms in total. The summed E-state index contributed by atoms with van der Waals surface area (Å²) in [5, 5.41) is 7.05. The number of anilines is 1. The largest absolute Gasteiger partial charge is 0.321 e. The lowest BCUT2D eigenvalue weighted by atomic mass is 10.1. The van der Waals surface area contributed by atoms with Crippen molar-refractivity contribution in [3.63, 3.8) is 0 Å². The summed E-state index contributed by atoms with van der Waals surface area (Å²) >= 11 is 0. The van der Waals surface area contributed by atoms with Gasteiger partial charge in [-0.15, -0.1) is 0 Å². The lowest BCUT2D eigenvalue weighted by Gasteiger charge is -2.09. The molecule has 0 aliphatic heterocycles. The highest BCUT2D eigenvalue weighted by molar-refractivity contribution is 6.02. The highest BCUT2D eigenvalue weighted by atomic mass is 16.2. The molecule has 1 N–H and O–H groups in total. The molecule has 2 aromatic carbocycles. The number of carbonyl (C=O) groups excluding carboxylic acids is 1. The van der Waals surface area contributed by atoms with Gasteiger partial charge in [0.15, 0.2) is 0 Å². The van der Waals surface area contributed by atoms with Crippen LogP contribution < -0.4 is 10.9 Å². The molecule has 3 rings (SSSR count). The summed E-state index contributed by atoms with van der Waals surface area (Å²) in [6.07, 6.45) is 0. The van der Waals surface area contributed by atoms with Crippen LogP contribution in [0.15, 0.2) is 59.4 Å². The Bertz CT molecular complexity index is 1020. The van der Waals surface area contributed by atoms with Crippen molar-refractivity contribution >= 4 is 11.6 Å². The molecule has 1 aromatic heterocycles. The predicted octanol–water partition coefficient (Wildman–Crippen LogP) is 3.47. The van der Waals surface area contributed by atoms with E-state index in [9.17, 15) is 9.59 Å². The molecule has 0 unspecified atom stereocenters. The smallest absolute Gasteiger partial charge is 0.276 e. The standard InChI is InChI=1S/C21H21N3O2/c1-14-5-4-6-17(11-14)13-24-20(25)10-9-19(23-24)21(26)22-18-8-7-15(2)16(3)12-18/h4-12H,13H2,1-3H3,(H,22,26). The van der Waals surface area contributed by atoms with Crippen LogP contribution in [0.3, 0.4) is 0 Å². The summed E-state index contributed by atoms with van der Waals surface area (Å²) < 4.78 is 1.31. The molecule has 3 aromatic rings. The molecule has 0 atom stereocenters. The first-order valence-corrected chi connectivity index (χ1v) is 8.45. The summed E-state index contributed by atoms with van der Waals surface area (Å²) in [5.41, 5.74) is 5.00. The quantitative estimate of drug-likeness (QED) is 0.786. The van der Waals surface area contributed by atoms with Gasteiger partial charge in [-0.25, -0.2) is 4.68 Å². The third kappa shape index (κ3) is 4.06. The van der Waals surface area contributed by atoms with Gasteiger partial charge in [0.25, 0.3) is 11.5 Å². The molecule has 1 amide bonds. The van der Waals surface area contributed by atoms with E-state index in [1.165, 1.54) is 16.8 Å². The van der Waals surface area contributed by atoms with Crippen molar-refractivity contribution in [2.75, 3.05) is 5.32 Å². The lowest BCUT2D eigenvalue weighted by Crippen LogP contribution is -2.26. The third-order valence-electron chi connectivity index (χ3n) is 4.28. The first-order chi connectivity index (χ1) is 12.4. The van der Waals surface area contributed by atoms with Crippen molar-refractivity contribution in [1.29, 1.82) is 0 Å². The first kappa shape index (κ1) is 17.6. The molecule has 0 fully saturated rings. The molecule has 26 heavy (non-hydrogen) atoms. The van der Waals surface area contributed by atoms with E-state index in [-0.39, 0.29) is 17.2 Å². The molecule has 5 heteroatoms. The first-order valence-electron chi connectivity index (χ1n) is 8.45. The minimum Gasteiger partial charge on any atom is -0.321 e. The van der Waals surface area contributed by atoms with E-state index < -0.39 is 0 Å². The van der Waals surface area contributed by atoms with Gasteiger partial charge >= 0.3 is 0 Å². The zero-order valence-electron chi connectivity index (χ0n) is 15.1. The molecule has 1 heterocycles. The van der Waals surface area contributed by atoms with E-state index in [2.05, 4.69) is 10.4 Å². The summed E-state index contributed by atoms with van der Waals surface area (Å²) in [6.45, 7) is 6.33. The van der Waals surface area contributed by atoms with Gasteiger partial charge in [-0.1, -0.05) is 35.9 Å². The van der Waals surface area contributed by atoms with Crippen LogP contribution in [0.2, 0.25) is 0 Å². The molecule has 132 valence electrons. The van der Waals surface area contributed by atoms with Crippen LogP contribution in [-0.2, 0) is 6.54 Å². The van der Waals surface area contributed by atoms with Crippen LogP contribution in [0.5, 0.6) is 0 Å². The number of nitrogens with one attached hydrogen (secondary N) is 1. The van der Waals surface area contributed by atoms with E-state index in [4.69, 9.17) is 0 Å². The van der Waals surface area contributed by atoms with Crippen molar-refractivity contribution in [2.45, 2.75) is 27.3 Å². The molecular weight excluding hydrogens is 326 g/mol. The van der Waals surface area contributed by atoms with Gasteiger partial charge in [0, 0.05) is 11.8 Å². The van der Waals surface area contributed by atoms with Gasteiger partial charge in [0.1, 0.15) is 5.69 Å². The summed E-state index contributed by atoms with van der Waals surface area (Å²) in [4.78, 5) is 24.6. The number of nitrogens with zero attached hydrogens (tertiary/aromatic N) is 2. The molecule has 0 bridgehead atoms. The molecule has 0 spiro atoms. The highest BCUT2D eigenvalue weighted by Crippen LogP contribution is 2.14. The fraction of sp³-hybridized carbons (Fsp3) is 0.190. The number of aryl methyl sites for hydroxylation is 3. The number of aromatic nitrogens is 2. The number of rotatable bonds is 4. The average molecular weight is 347 g/mol. The van der Waals surface area contributed by atoms with Crippen molar-refractivity contribution in [3.05, 3.63) is 92.9 Å². The van der Waals surface area contributed by atoms with Gasteiger partial charge in [0.05, 0.1) is 6.54 Å². The minimum atomic E-state index is -0.341. The van der Waals surface area contributed by atoms with E-state index in [1.807, 2.05) is 63.2 Å². The molecule has 0 aliphatic rings. The van der Waals surface area contributed by atoms with E-state index in [0.717, 1.165) is 22.3 Å². The SMILES string of the molecule is Cc1cccc(Cn2nc(C(=O)Nc3ccc(C)c(C)c3)ccc2=O)c1. The Morgan fingerprint density at radius 1 is 1.00 bits per heavy atom. The Morgan fingerprint density at radius 2 is 1.81 bits per heavy atom. The molecule has 0 saturated heterocycles. The van der Waals surface area contributed by atoms with Crippen LogP contribution in [0, 0.1) is 20.8 Å². The van der Waals surface area contributed by atoms with Crippen LogP contribution in [-0.4, -0.2) is 15.7 Å². The Morgan fingerprint density at radius 3 is 2.54 bits per heavy atom.